The van der Waals surface area contributed by atoms with Gasteiger partial charge in [0.15, 0.2) is 24.1 Å². The lowest BCUT2D eigenvalue weighted by atomic mass is 10.1. The van der Waals surface area contributed by atoms with Gasteiger partial charge in [0.25, 0.3) is 5.91 Å². The maximum Gasteiger partial charge on any atom is 0.333 e. The van der Waals surface area contributed by atoms with E-state index in [4.69, 9.17) is 19.5 Å². The third-order valence-electron chi connectivity index (χ3n) is 3.60. The summed E-state index contributed by atoms with van der Waals surface area (Å²) in [4.78, 5) is 24.3. The fraction of sp³-hybridized carbons (Fsp3) is 0.211. The summed E-state index contributed by atoms with van der Waals surface area (Å²) in [7, 11) is 2.68. The molecule has 0 aliphatic rings. The number of methoxy groups -OCH3 is 2. The number of hydrogen-bond donors (Lipinski definition) is 1. The lowest BCUT2D eigenvalue weighted by molar-refractivity contribution is -0.145. The van der Waals surface area contributed by atoms with Gasteiger partial charge >= 0.3 is 5.97 Å². The molecule has 0 fully saturated rings. The molecule has 0 aliphatic heterocycles. The van der Waals surface area contributed by atoms with Crippen LogP contribution in [-0.2, 0) is 14.3 Å². The lowest BCUT2D eigenvalue weighted by Gasteiger charge is -2.17. The first-order chi connectivity index (χ1) is 13.0. The van der Waals surface area contributed by atoms with Crippen LogP contribution in [-0.4, -0.2) is 32.7 Å². The molecule has 140 valence electrons. The van der Waals surface area contributed by atoms with Gasteiger partial charge < -0.3 is 19.5 Å². The Balaban J connectivity index is 2.07. The number of carbonyl (C=O) groups is 2. The van der Waals surface area contributed by atoms with Crippen LogP contribution < -0.4 is 14.8 Å². The Kier molecular flexibility index (Phi) is 7.20. The van der Waals surface area contributed by atoms with Crippen molar-refractivity contribution in [2.75, 3.05) is 20.8 Å². The highest BCUT2D eigenvalue weighted by atomic mass is 79.9. The molecule has 27 heavy (non-hydrogen) atoms. The number of benzene rings is 2. The van der Waals surface area contributed by atoms with Crippen molar-refractivity contribution in [1.29, 1.82) is 5.26 Å². The van der Waals surface area contributed by atoms with Crippen LogP contribution in [0.1, 0.15) is 17.2 Å². The number of esters is 1. The molecule has 2 rings (SSSR count). The summed E-state index contributed by atoms with van der Waals surface area (Å²) in [5.74, 6) is -0.467. The molecule has 0 heterocycles. The van der Waals surface area contributed by atoms with E-state index in [2.05, 4.69) is 21.2 Å². The molecule has 1 unspecified atom stereocenters. The molecule has 0 bridgehead atoms. The average Bonchev–Trinajstić information content (AvgIpc) is 2.70. The highest BCUT2D eigenvalue weighted by Crippen LogP contribution is 2.27. The topological polar surface area (TPSA) is 97.6 Å². The molecule has 1 amide bonds. The van der Waals surface area contributed by atoms with Crippen molar-refractivity contribution >= 4 is 27.8 Å². The minimum absolute atomic E-state index is 0.310. The van der Waals surface area contributed by atoms with Gasteiger partial charge in [0.2, 0.25) is 0 Å². The van der Waals surface area contributed by atoms with Crippen LogP contribution in [0.2, 0.25) is 0 Å². The quantitative estimate of drug-likeness (QED) is 0.675. The predicted molar refractivity (Wildman–Crippen MR) is 100 cm³/mol. The Hall–Kier alpha value is -3.05. The molecule has 0 spiro atoms. The Morgan fingerprint density at radius 3 is 2.44 bits per heavy atom. The summed E-state index contributed by atoms with van der Waals surface area (Å²) in [5, 5.41) is 11.5. The van der Waals surface area contributed by atoms with Crippen molar-refractivity contribution in [3.05, 3.63) is 58.1 Å². The van der Waals surface area contributed by atoms with E-state index >= 15 is 0 Å². The molecule has 2 aromatic rings. The fourth-order valence-corrected chi connectivity index (χ4v) is 2.52. The van der Waals surface area contributed by atoms with Crippen LogP contribution >= 0.6 is 15.9 Å². The van der Waals surface area contributed by atoms with Crippen molar-refractivity contribution in [2.24, 2.45) is 0 Å². The molecular formula is C19H17BrN2O5. The van der Waals surface area contributed by atoms with Gasteiger partial charge in [0, 0.05) is 10.5 Å². The zero-order chi connectivity index (χ0) is 19.8. The number of nitrogens with zero attached hydrogens (tertiary/aromatic N) is 1. The van der Waals surface area contributed by atoms with E-state index in [-0.39, 0.29) is 6.61 Å². The summed E-state index contributed by atoms with van der Waals surface area (Å²) in [6.07, 6.45) is 0. The first-order valence-electron chi connectivity index (χ1n) is 7.82. The molecule has 1 N–H and O–H groups in total. The van der Waals surface area contributed by atoms with E-state index in [9.17, 15) is 9.59 Å². The number of halogens is 1. The highest BCUT2D eigenvalue weighted by molar-refractivity contribution is 9.10. The lowest BCUT2D eigenvalue weighted by Crippen LogP contribution is -2.37. The van der Waals surface area contributed by atoms with E-state index in [1.807, 2.05) is 6.07 Å². The van der Waals surface area contributed by atoms with Crippen molar-refractivity contribution in [3.8, 4) is 17.6 Å². The molecule has 0 aliphatic carbocycles. The van der Waals surface area contributed by atoms with E-state index in [1.54, 1.807) is 30.3 Å². The van der Waals surface area contributed by atoms with Crippen molar-refractivity contribution < 1.29 is 23.8 Å². The zero-order valence-corrected chi connectivity index (χ0v) is 16.3. The average molecular weight is 433 g/mol. The zero-order valence-electron chi connectivity index (χ0n) is 14.7. The summed E-state index contributed by atoms with van der Waals surface area (Å²) < 4.78 is 16.2. The molecule has 1 atom stereocenters. The Morgan fingerprint density at radius 2 is 1.85 bits per heavy atom. The van der Waals surface area contributed by atoms with Crippen molar-refractivity contribution in [2.45, 2.75) is 6.04 Å². The van der Waals surface area contributed by atoms with E-state index in [0.717, 1.165) is 4.47 Å². The highest BCUT2D eigenvalue weighted by Gasteiger charge is 2.24. The largest absolute Gasteiger partial charge is 0.493 e. The van der Waals surface area contributed by atoms with Gasteiger partial charge in [-0.3, -0.25) is 4.79 Å². The summed E-state index contributed by atoms with van der Waals surface area (Å²) in [6, 6.07) is 12.6. The van der Waals surface area contributed by atoms with Gasteiger partial charge in [-0.05, 0) is 29.8 Å². The number of ether oxygens (including phenoxy) is 3. The second kappa shape index (κ2) is 9.59. The molecule has 7 nitrogen and oxygen atoms in total. The van der Waals surface area contributed by atoms with Crippen LogP contribution in [0.5, 0.6) is 11.5 Å². The maximum atomic E-state index is 12.3. The third-order valence-corrected chi connectivity index (χ3v) is 4.13. The molecular weight excluding hydrogens is 416 g/mol. The van der Waals surface area contributed by atoms with E-state index in [1.165, 1.54) is 26.4 Å². The minimum atomic E-state index is -0.956. The standard InChI is InChI=1S/C19H17BrN2O5/c1-25-16-9-12(10-21)3-8-15(16)27-11-17(23)22-18(19(24)26-2)13-4-6-14(20)7-5-13/h3-9,18H,11H2,1-2H3,(H,22,23). The van der Waals surface area contributed by atoms with Crippen LogP contribution in [0, 0.1) is 11.3 Å². The number of nitrogens with one attached hydrogen (secondary N) is 1. The summed E-state index contributed by atoms with van der Waals surface area (Å²) >= 11 is 3.32. The number of hydrogen-bond acceptors (Lipinski definition) is 6. The monoisotopic (exact) mass is 432 g/mol. The Bertz CT molecular complexity index is 861. The van der Waals surface area contributed by atoms with E-state index < -0.39 is 17.9 Å². The van der Waals surface area contributed by atoms with Gasteiger partial charge in [0.1, 0.15) is 0 Å². The Morgan fingerprint density at radius 1 is 1.15 bits per heavy atom. The van der Waals surface area contributed by atoms with Crippen molar-refractivity contribution in [1.82, 2.24) is 5.32 Å². The van der Waals surface area contributed by atoms with Crippen LogP contribution in [0.3, 0.4) is 0 Å². The smallest absolute Gasteiger partial charge is 0.333 e. The predicted octanol–water partition coefficient (Wildman–Crippen LogP) is 2.74. The Labute approximate surface area is 165 Å². The normalized spacial score (nSPS) is 11.0. The van der Waals surface area contributed by atoms with Crippen LogP contribution in [0.25, 0.3) is 0 Å². The molecule has 0 saturated heterocycles. The molecule has 0 radical (unpaired) electrons. The molecule has 8 heteroatoms. The van der Waals surface area contributed by atoms with Crippen LogP contribution in [0.4, 0.5) is 0 Å². The SMILES string of the molecule is COC(=O)C(NC(=O)COc1ccc(C#N)cc1OC)c1ccc(Br)cc1. The minimum Gasteiger partial charge on any atom is -0.493 e. The maximum absolute atomic E-state index is 12.3. The first kappa shape index (κ1) is 20.3. The second-order valence-corrected chi connectivity index (χ2v) is 6.26. The van der Waals surface area contributed by atoms with Gasteiger partial charge in [0.05, 0.1) is 25.9 Å². The second-order valence-electron chi connectivity index (χ2n) is 5.34. The number of nitriles is 1. The van der Waals surface area contributed by atoms with Gasteiger partial charge in [-0.15, -0.1) is 0 Å². The first-order valence-corrected chi connectivity index (χ1v) is 8.61. The summed E-state index contributed by atoms with van der Waals surface area (Å²) in [6.45, 7) is -0.341. The number of amides is 1. The third kappa shape index (κ3) is 5.46. The molecule has 0 aromatic heterocycles. The van der Waals surface area contributed by atoms with Gasteiger partial charge in [-0.1, -0.05) is 28.1 Å². The van der Waals surface area contributed by atoms with E-state index in [0.29, 0.717) is 22.6 Å². The fourth-order valence-electron chi connectivity index (χ4n) is 2.25. The van der Waals surface area contributed by atoms with Gasteiger partial charge in [-0.2, -0.15) is 5.26 Å². The van der Waals surface area contributed by atoms with Crippen LogP contribution in [0.15, 0.2) is 46.9 Å². The molecule has 0 saturated carbocycles. The van der Waals surface area contributed by atoms with Gasteiger partial charge in [-0.25, -0.2) is 4.79 Å². The number of carbonyl (C=O) groups excluding carboxylic acids is 2. The van der Waals surface area contributed by atoms with Crippen molar-refractivity contribution in [3.63, 3.8) is 0 Å². The number of rotatable bonds is 7. The summed E-state index contributed by atoms with van der Waals surface area (Å²) in [5.41, 5.74) is 0.985. The molecule has 2 aromatic carbocycles.